The van der Waals surface area contributed by atoms with Gasteiger partial charge in [-0.25, -0.2) is 4.98 Å². The van der Waals surface area contributed by atoms with Gasteiger partial charge >= 0.3 is 0 Å². The summed E-state index contributed by atoms with van der Waals surface area (Å²) in [7, 11) is 2.03. The largest absolute Gasteiger partial charge is 0.393 e. The number of nitrogen functional groups attached to an aromatic ring is 1. The highest BCUT2D eigenvalue weighted by atomic mass is 16.2. The van der Waals surface area contributed by atoms with E-state index >= 15 is 0 Å². The number of fused-ring (bicyclic) bond motifs is 1. The quantitative estimate of drug-likeness (QED) is 0.776. The number of piperazine rings is 1. The highest BCUT2D eigenvalue weighted by Gasteiger charge is 2.20. The lowest BCUT2D eigenvalue weighted by Gasteiger charge is -2.32. The average Bonchev–Trinajstić information content (AvgIpc) is 2.51. The molecule has 1 aliphatic heterocycles. The topological polar surface area (TPSA) is 83.9 Å². The van der Waals surface area contributed by atoms with E-state index in [1.165, 1.54) is 16.8 Å². The molecule has 0 aromatic carbocycles. The zero-order valence-electron chi connectivity index (χ0n) is 11.8. The van der Waals surface area contributed by atoms with Crippen LogP contribution < -0.4 is 11.3 Å². The van der Waals surface area contributed by atoms with E-state index in [0.29, 0.717) is 24.3 Å². The number of likely N-dealkylation sites (N-methyl/N-ethyl adjacent to an activating group) is 1. The van der Waals surface area contributed by atoms with Crippen molar-refractivity contribution in [2.45, 2.75) is 0 Å². The second-order valence-corrected chi connectivity index (χ2v) is 5.26. The standard InChI is InChI=1S/C14H17N5O2/c1-17-4-6-18(7-5-17)13(20)10-2-3-12-16-8-11(15)14(21)19(12)9-10/h2-3,8-9H,4-7,15H2,1H3. The molecule has 2 aromatic heterocycles. The Bertz CT molecular complexity index is 747. The molecule has 110 valence electrons. The van der Waals surface area contributed by atoms with Gasteiger partial charge in [-0.1, -0.05) is 0 Å². The number of hydrogen-bond acceptors (Lipinski definition) is 5. The molecule has 3 rings (SSSR count). The number of aromatic nitrogens is 2. The second kappa shape index (κ2) is 5.17. The van der Waals surface area contributed by atoms with E-state index in [2.05, 4.69) is 9.88 Å². The molecule has 21 heavy (non-hydrogen) atoms. The summed E-state index contributed by atoms with van der Waals surface area (Å²) in [6, 6.07) is 3.35. The molecule has 2 aromatic rings. The minimum absolute atomic E-state index is 0.0664. The number of nitrogens with two attached hydrogens (primary N) is 1. The molecule has 0 saturated carbocycles. The third-order valence-corrected chi connectivity index (χ3v) is 3.77. The Morgan fingerprint density at radius 2 is 1.95 bits per heavy atom. The molecule has 0 unspecified atom stereocenters. The van der Waals surface area contributed by atoms with Gasteiger partial charge in [0.25, 0.3) is 11.5 Å². The normalized spacial score (nSPS) is 16.3. The van der Waals surface area contributed by atoms with Crippen LogP contribution in [0.2, 0.25) is 0 Å². The SMILES string of the molecule is CN1CCN(C(=O)c2ccc3ncc(N)c(=O)n3c2)CC1. The fourth-order valence-corrected chi connectivity index (χ4v) is 2.41. The summed E-state index contributed by atoms with van der Waals surface area (Å²) < 4.78 is 1.32. The Morgan fingerprint density at radius 3 is 2.67 bits per heavy atom. The number of anilines is 1. The van der Waals surface area contributed by atoms with Crippen molar-refractivity contribution >= 4 is 17.2 Å². The van der Waals surface area contributed by atoms with Gasteiger partial charge in [-0.05, 0) is 19.2 Å². The number of nitrogens with zero attached hydrogens (tertiary/aromatic N) is 4. The van der Waals surface area contributed by atoms with Crippen molar-refractivity contribution in [3.05, 3.63) is 40.4 Å². The summed E-state index contributed by atoms with van der Waals surface area (Å²) in [5, 5.41) is 0. The van der Waals surface area contributed by atoms with Gasteiger partial charge in [-0.3, -0.25) is 14.0 Å². The van der Waals surface area contributed by atoms with Gasteiger partial charge in [0.2, 0.25) is 0 Å². The van der Waals surface area contributed by atoms with Crippen LogP contribution >= 0.6 is 0 Å². The first kappa shape index (κ1) is 13.6. The number of carbonyl (C=O) groups is 1. The van der Waals surface area contributed by atoms with Crippen molar-refractivity contribution in [1.82, 2.24) is 19.2 Å². The van der Waals surface area contributed by atoms with Crippen LogP contribution in [0.15, 0.2) is 29.3 Å². The van der Waals surface area contributed by atoms with E-state index in [0.717, 1.165) is 13.1 Å². The van der Waals surface area contributed by atoms with E-state index in [9.17, 15) is 9.59 Å². The molecule has 0 aliphatic carbocycles. The van der Waals surface area contributed by atoms with Crippen molar-refractivity contribution in [1.29, 1.82) is 0 Å². The lowest BCUT2D eigenvalue weighted by molar-refractivity contribution is 0.0663. The van der Waals surface area contributed by atoms with Gasteiger partial charge in [0.15, 0.2) is 0 Å². The lowest BCUT2D eigenvalue weighted by atomic mass is 10.2. The maximum absolute atomic E-state index is 12.5. The molecule has 2 N–H and O–H groups in total. The highest BCUT2D eigenvalue weighted by Crippen LogP contribution is 2.09. The maximum atomic E-state index is 12.5. The molecular weight excluding hydrogens is 270 g/mol. The van der Waals surface area contributed by atoms with E-state index in [1.807, 2.05) is 7.05 Å². The fourth-order valence-electron chi connectivity index (χ4n) is 2.41. The van der Waals surface area contributed by atoms with Gasteiger partial charge in [-0.15, -0.1) is 0 Å². The van der Waals surface area contributed by atoms with Crippen LogP contribution in [-0.2, 0) is 0 Å². The molecule has 1 fully saturated rings. The minimum atomic E-state index is -0.354. The van der Waals surface area contributed by atoms with E-state index < -0.39 is 0 Å². The number of hydrogen-bond donors (Lipinski definition) is 1. The van der Waals surface area contributed by atoms with Crippen LogP contribution in [0.25, 0.3) is 5.65 Å². The van der Waals surface area contributed by atoms with E-state index in [4.69, 9.17) is 5.73 Å². The van der Waals surface area contributed by atoms with E-state index in [1.54, 1.807) is 17.0 Å². The predicted octanol–water partition coefficient (Wildman–Crippen LogP) is -0.336. The van der Waals surface area contributed by atoms with Crippen molar-refractivity contribution in [3.8, 4) is 0 Å². The van der Waals surface area contributed by atoms with Gasteiger partial charge in [0, 0.05) is 32.4 Å². The summed E-state index contributed by atoms with van der Waals surface area (Å²) in [6.07, 6.45) is 2.85. The van der Waals surface area contributed by atoms with Crippen molar-refractivity contribution in [3.63, 3.8) is 0 Å². The summed E-state index contributed by atoms with van der Waals surface area (Å²) in [4.78, 5) is 32.5. The molecule has 0 spiro atoms. The van der Waals surface area contributed by atoms with Crippen molar-refractivity contribution < 1.29 is 4.79 Å². The Morgan fingerprint density at radius 1 is 1.24 bits per heavy atom. The molecule has 3 heterocycles. The second-order valence-electron chi connectivity index (χ2n) is 5.26. The number of carbonyl (C=O) groups excluding carboxylic acids is 1. The third kappa shape index (κ3) is 2.47. The average molecular weight is 287 g/mol. The van der Waals surface area contributed by atoms with Crippen LogP contribution in [0.1, 0.15) is 10.4 Å². The van der Waals surface area contributed by atoms with Crippen LogP contribution in [0, 0.1) is 0 Å². The summed E-state index contributed by atoms with van der Waals surface area (Å²) in [5.74, 6) is -0.0701. The first-order valence-corrected chi connectivity index (χ1v) is 6.81. The highest BCUT2D eigenvalue weighted by molar-refractivity contribution is 5.94. The molecule has 1 saturated heterocycles. The van der Waals surface area contributed by atoms with Crippen LogP contribution in [0.5, 0.6) is 0 Å². The van der Waals surface area contributed by atoms with Crippen molar-refractivity contribution in [2.75, 3.05) is 39.0 Å². The van der Waals surface area contributed by atoms with Gasteiger partial charge in [0.05, 0.1) is 11.8 Å². The van der Waals surface area contributed by atoms with Gasteiger partial charge in [-0.2, -0.15) is 0 Å². The van der Waals surface area contributed by atoms with Crippen LogP contribution in [0.4, 0.5) is 5.69 Å². The van der Waals surface area contributed by atoms with Crippen LogP contribution in [0.3, 0.4) is 0 Å². The summed E-state index contributed by atoms with van der Waals surface area (Å²) in [6.45, 7) is 3.09. The fraction of sp³-hybridized carbons (Fsp3) is 0.357. The zero-order valence-corrected chi connectivity index (χ0v) is 11.8. The Kier molecular flexibility index (Phi) is 3.34. The van der Waals surface area contributed by atoms with Crippen LogP contribution in [-0.4, -0.2) is 58.3 Å². The molecule has 0 bridgehead atoms. The number of rotatable bonds is 1. The summed E-state index contributed by atoms with van der Waals surface area (Å²) >= 11 is 0. The Labute approximate surface area is 121 Å². The molecule has 7 heteroatoms. The number of amides is 1. The predicted molar refractivity (Wildman–Crippen MR) is 79.3 cm³/mol. The number of pyridine rings is 1. The lowest BCUT2D eigenvalue weighted by Crippen LogP contribution is -2.47. The monoisotopic (exact) mass is 287 g/mol. The Hall–Kier alpha value is -2.41. The Balaban J connectivity index is 1.95. The van der Waals surface area contributed by atoms with Crippen molar-refractivity contribution in [2.24, 2.45) is 0 Å². The molecular formula is C14H17N5O2. The molecule has 1 amide bonds. The zero-order chi connectivity index (χ0) is 15.0. The minimum Gasteiger partial charge on any atom is -0.393 e. The molecule has 0 radical (unpaired) electrons. The molecule has 7 nitrogen and oxygen atoms in total. The molecule has 0 atom stereocenters. The van der Waals surface area contributed by atoms with E-state index in [-0.39, 0.29) is 17.2 Å². The first-order chi connectivity index (χ1) is 10.1. The van der Waals surface area contributed by atoms with Gasteiger partial charge < -0.3 is 15.5 Å². The maximum Gasteiger partial charge on any atom is 0.281 e. The van der Waals surface area contributed by atoms with Gasteiger partial charge in [0.1, 0.15) is 11.3 Å². The summed E-state index contributed by atoms with van der Waals surface area (Å²) in [5.41, 5.74) is 6.24. The third-order valence-electron chi connectivity index (χ3n) is 3.77. The smallest absolute Gasteiger partial charge is 0.281 e. The molecule has 1 aliphatic rings. The first-order valence-electron chi connectivity index (χ1n) is 6.81.